The van der Waals surface area contributed by atoms with Crippen molar-refractivity contribution in [1.29, 1.82) is 0 Å². The van der Waals surface area contributed by atoms with Gasteiger partial charge in [-0.3, -0.25) is 4.79 Å². The summed E-state index contributed by atoms with van der Waals surface area (Å²) >= 11 is 0. The first-order valence-electron chi connectivity index (χ1n) is 5.80. The number of hydrazone groups is 1. The number of hydrogen-bond acceptors (Lipinski definition) is 4. The average molecular weight is 248 g/mol. The number of nitrogens with zero attached hydrogens (tertiary/aromatic N) is 1. The maximum absolute atomic E-state index is 11.4. The van der Waals surface area contributed by atoms with Crippen LogP contribution in [0.5, 0.6) is 11.5 Å². The van der Waals surface area contributed by atoms with Crippen molar-refractivity contribution in [2.24, 2.45) is 11.0 Å². The number of amides is 1. The van der Waals surface area contributed by atoms with Gasteiger partial charge >= 0.3 is 0 Å². The summed E-state index contributed by atoms with van der Waals surface area (Å²) in [4.78, 5) is 11.4. The third-order valence-electron chi connectivity index (χ3n) is 2.76. The third kappa shape index (κ3) is 2.80. The van der Waals surface area contributed by atoms with E-state index in [1.165, 1.54) is 0 Å². The van der Waals surface area contributed by atoms with E-state index < -0.39 is 0 Å². The van der Waals surface area contributed by atoms with Crippen molar-refractivity contribution in [3.8, 4) is 11.5 Å². The Labute approximate surface area is 106 Å². The predicted octanol–water partition coefficient (Wildman–Crippen LogP) is 1.56. The highest BCUT2D eigenvalue weighted by atomic mass is 16.5. The van der Waals surface area contributed by atoms with Crippen molar-refractivity contribution in [2.45, 2.75) is 12.8 Å². The van der Waals surface area contributed by atoms with Gasteiger partial charge in [0.05, 0.1) is 20.4 Å². The van der Waals surface area contributed by atoms with Crippen LogP contribution >= 0.6 is 0 Å². The van der Waals surface area contributed by atoms with Gasteiger partial charge in [0.2, 0.25) is 5.91 Å². The van der Waals surface area contributed by atoms with E-state index in [0.717, 1.165) is 18.4 Å². The van der Waals surface area contributed by atoms with Crippen molar-refractivity contribution < 1.29 is 14.3 Å². The fraction of sp³-hybridized carbons (Fsp3) is 0.385. The van der Waals surface area contributed by atoms with Crippen molar-refractivity contribution in [3.63, 3.8) is 0 Å². The summed E-state index contributed by atoms with van der Waals surface area (Å²) in [5.74, 6) is 1.36. The molecule has 1 fully saturated rings. The summed E-state index contributed by atoms with van der Waals surface area (Å²) in [5, 5.41) is 3.93. The normalized spacial score (nSPS) is 14.6. The molecule has 0 atom stereocenters. The molecular formula is C13H16N2O3. The quantitative estimate of drug-likeness (QED) is 0.635. The van der Waals surface area contributed by atoms with Gasteiger partial charge < -0.3 is 9.47 Å². The number of carbonyl (C=O) groups excluding carboxylic acids is 1. The predicted molar refractivity (Wildman–Crippen MR) is 68.0 cm³/mol. The zero-order valence-corrected chi connectivity index (χ0v) is 10.5. The summed E-state index contributed by atoms with van der Waals surface area (Å²) in [7, 11) is 3.14. The Morgan fingerprint density at radius 1 is 1.39 bits per heavy atom. The molecule has 1 aromatic carbocycles. The maximum atomic E-state index is 11.4. The van der Waals surface area contributed by atoms with E-state index in [4.69, 9.17) is 9.47 Å². The summed E-state index contributed by atoms with van der Waals surface area (Å²) in [6.07, 6.45) is 3.48. The van der Waals surface area contributed by atoms with Crippen LogP contribution in [-0.2, 0) is 4.79 Å². The van der Waals surface area contributed by atoms with Gasteiger partial charge in [0.15, 0.2) is 11.5 Å². The number of benzene rings is 1. The topological polar surface area (TPSA) is 59.9 Å². The molecular weight excluding hydrogens is 232 g/mol. The molecule has 1 saturated carbocycles. The minimum Gasteiger partial charge on any atom is -0.493 e. The zero-order chi connectivity index (χ0) is 13.0. The first kappa shape index (κ1) is 12.4. The van der Waals surface area contributed by atoms with E-state index in [0.29, 0.717) is 11.5 Å². The molecule has 1 aliphatic carbocycles. The Morgan fingerprint density at radius 3 is 2.78 bits per heavy atom. The molecule has 5 nitrogen and oxygen atoms in total. The Balaban J connectivity index is 2.07. The molecule has 1 aliphatic rings. The van der Waals surface area contributed by atoms with Crippen molar-refractivity contribution in [3.05, 3.63) is 23.8 Å². The number of ether oxygens (including phenoxy) is 2. The SMILES string of the molecule is COc1cccc(/C=N/NC(=O)C2CC2)c1OC. The molecule has 1 aromatic rings. The molecule has 5 heteroatoms. The smallest absolute Gasteiger partial charge is 0.243 e. The van der Waals surface area contributed by atoms with Gasteiger partial charge in [-0.05, 0) is 25.0 Å². The molecule has 0 bridgehead atoms. The Kier molecular flexibility index (Phi) is 3.82. The Morgan fingerprint density at radius 2 is 2.17 bits per heavy atom. The second-order valence-electron chi connectivity index (χ2n) is 4.09. The lowest BCUT2D eigenvalue weighted by molar-refractivity contribution is -0.122. The first-order valence-corrected chi connectivity index (χ1v) is 5.80. The van der Waals surface area contributed by atoms with E-state index in [-0.39, 0.29) is 11.8 Å². The van der Waals surface area contributed by atoms with E-state index in [1.54, 1.807) is 26.5 Å². The number of nitrogens with one attached hydrogen (secondary N) is 1. The number of rotatable bonds is 5. The zero-order valence-electron chi connectivity index (χ0n) is 10.5. The van der Waals surface area contributed by atoms with Crippen LogP contribution in [0.1, 0.15) is 18.4 Å². The molecule has 0 heterocycles. The van der Waals surface area contributed by atoms with E-state index in [2.05, 4.69) is 10.5 Å². The standard InChI is InChI=1S/C13H16N2O3/c1-17-11-5-3-4-10(12(11)18-2)8-14-15-13(16)9-6-7-9/h3-5,8-9H,6-7H2,1-2H3,(H,15,16)/b14-8+. The Bertz CT molecular complexity index is 467. The van der Waals surface area contributed by atoms with Crippen LogP contribution in [0, 0.1) is 5.92 Å². The van der Waals surface area contributed by atoms with Crippen LogP contribution in [0.3, 0.4) is 0 Å². The molecule has 0 radical (unpaired) electrons. The second-order valence-corrected chi connectivity index (χ2v) is 4.09. The summed E-state index contributed by atoms with van der Waals surface area (Å²) in [6, 6.07) is 5.48. The summed E-state index contributed by atoms with van der Waals surface area (Å²) in [5.41, 5.74) is 3.27. The highest BCUT2D eigenvalue weighted by Gasteiger charge is 2.29. The molecule has 96 valence electrons. The molecule has 1 N–H and O–H groups in total. The largest absolute Gasteiger partial charge is 0.493 e. The third-order valence-corrected chi connectivity index (χ3v) is 2.76. The maximum Gasteiger partial charge on any atom is 0.243 e. The first-order chi connectivity index (χ1) is 8.76. The van der Waals surface area contributed by atoms with Gasteiger partial charge in [-0.15, -0.1) is 0 Å². The van der Waals surface area contributed by atoms with Crippen LogP contribution in [0.25, 0.3) is 0 Å². The summed E-state index contributed by atoms with van der Waals surface area (Å²) in [6.45, 7) is 0. The highest BCUT2D eigenvalue weighted by Crippen LogP contribution is 2.30. The van der Waals surface area contributed by atoms with E-state index in [1.807, 2.05) is 12.1 Å². The van der Waals surface area contributed by atoms with Crippen LogP contribution in [0.15, 0.2) is 23.3 Å². The monoisotopic (exact) mass is 248 g/mol. The molecule has 0 spiro atoms. The number of carbonyl (C=O) groups is 1. The molecule has 2 rings (SSSR count). The molecule has 0 unspecified atom stereocenters. The van der Waals surface area contributed by atoms with Gasteiger partial charge in [0, 0.05) is 11.5 Å². The van der Waals surface area contributed by atoms with E-state index in [9.17, 15) is 4.79 Å². The van der Waals surface area contributed by atoms with Gasteiger partial charge in [0.25, 0.3) is 0 Å². The van der Waals surface area contributed by atoms with Crippen molar-refractivity contribution in [1.82, 2.24) is 5.43 Å². The molecule has 18 heavy (non-hydrogen) atoms. The number of hydrogen-bond donors (Lipinski definition) is 1. The van der Waals surface area contributed by atoms with Crippen molar-refractivity contribution >= 4 is 12.1 Å². The average Bonchev–Trinajstić information content (AvgIpc) is 3.22. The Hall–Kier alpha value is -2.04. The lowest BCUT2D eigenvalue weighted by Crippen LogP contribution is -2.19. The molecule has 0 aliphatic heterocycles. The minimum absolute atomic E-state index is 0.0203. The second kappa shape index (κ2) is 5.53. The van der Waals surface area contributed by atoms with Gasteiger partial charge in [-0.2, -0.15) is 5.10 Å². The van der Waals surface area contributed by atoms with Crippen LogP contribution in [0.2, 0.25) is 0 Å². The molecule has 0 saturated heterocycles. The van der Waals surface area contributed by atoms with E-state index >= 15 is 0 Å². The lowest BCUT2D eigenvalue weighted by atomic mass is 10.2. The van der Waals surface area contributed by atoms with Crippen LogP contribution in [0.4, 0.5) is 0 Å². The van der Waals surface area contributed by atoms with Gasteiger partial charge in [-0.25, -0.2) is 5.43 Å². The lowest BCUT2D eigenvalue weighted by Gasteiger charge is -2.09. The molecule has 1 amide bonds. The van der Waals surface area contributed by atoms with Crippen molar-refractivity contribution in [2.75, 3.05) is 14.2 Å². The minimum atomic E-state index is -0.0203. The fourth-order valence-corrected chi connectivity index (χ4v) is 1.62. The van der Waals surface area contributed by atoms with Gasteiger partial charge in [0.1, 0.15) is 0 Å². The number of methoxy groups -OCH3 is 2. The van der Waals surface area contributed by atoms with Crippen LogP contribution < -0.4 is 14.9 Å². The highest BCUT2D eigenvalue weighted by molar-refractivity contribution is 5.87. The van der Waals surface area contributed by atoms with Gasteiger partial charge in [-0.1, -0.05) is 6.07 Å². The fourth-order valence-electron chi connectivity index (χ4n) is 1.62. The molecule has 0 aromatic heterocycles. The van der Waals surface area contributed by atoms with Crippen LogP contribution in [-0.4, -0.2) is 26.3 Å². The summed E-state index contributed by atoms with van der Waals surface area (Å²) < 4.78 is 10.4. The number of para-hydroxylation sites is 1.